The number of benzene rings is 1. The fourth-order valence-corrected chi connectivity index (χ4v) is 2.13. The summed E-state index contributed by atoms with van der Waals surface area (Å²) in [7, 11) is 0. The van der Waals surface area contributed by atoms with Crippen LogP contribution in [-0.4, -0.2) is 30.4 Å². The van der Waals surface area contributed by atoms with Crippen LogP contribution in [-0.2, 0) is 0 Å². The lowest BCUT2D eigenvalue weighted by Gasteiger charge is -2.25. The van der Waals surface area contributed by atoms with Crippen LogP contribution in [0.25, 0.3) is 0 Å². The number of likely N-dealkylation sites (N-methyl/N-ethyl adjacent to an activating group) is 1. The smallest absolute Gasteiger partial charge is 0.125 e. The zero-order valence-corrected chi connectivity index (χ0v) is 12.3. The molecule has 0 saturated heterocycles. The summed E-state index contributed by atoms with van der Waals surface area (Å²) in [6, 6.07) is 3.73. The Morgan fingerprint density at radius 2 is 1.89 bits per heavy atom. The topological polar surface area (TPSA) is 41.5 Å². The number of rotatable bonds is 6. The fourth-order valence-electron chi connectivity index (χ4n) is 1.80. The van der Waals surface area contributed by atoms with Gasteiger partial charge in [0.1, 0.15) is 18.0 Å². The van der Waals surface area contributed by atoms with Crippen molar-refractivity contribution in [3.05, 3.63) is 28.3 Å². The minimum Gasteiger partial charge on any atom is -0.490 e. The van der Waals surface area contributed by atoms with Crippen LogP contribution in [0.4, 0.5) is 0 Å². The van der Waals surface area contributed by atoms with Crippen LogP contribution in [0.3, 0.4) is 0 Å². The third-order valence-corrected chi connectivity index (χ3v) is 2.93. The molecule has 0 amide bonds. The molecular weight excluding hydrogens is 250 g/mol. The molecule has 0 fully saturated rings. The third kappa shape index (κ3) is 4.48. The van der Waals surface area contributed by atoms with Crippen molar-refractivity contribution in [2.24, 2.45) is 0 Å². The molecule has 0 bridgehead atoms. The second-order valence-corrected chi connectivity index (χ2v) is 5.37. The molecule has 4 heteroatoms. The zero-order valence-electron chi connectivity index (χ0n) is 11.5. The van der Waals surface area contributed by atoms with Crippen LogP contribution in [0.15, 0.2) is 12.1 Å². The normalized spacial score (nSPS) is 14.3. The number of hydrogen-bond donors (Lipinski definition) is 2. The van der Waals surface area contributed by atoms with Crippen LogP contribution < -0.4 is 10.1 Å². The van der Waals surface area contributed by atoms with Crippen molar-refractivity contribution >= 4 is 11.6 Å². The van der Waals surface area contributed by atoms with E-state index in [1.165, 1.54) is 0 Å². The predicted molar refractivity (Wildman–Crippen MR) is 75.6 cm³/mol. The van der Waals surface area contributed by atoms with Crippen molar-refractivity contribution < 1.29 is 9.84 Å². The van der Waals surface area contributed by atoms with Gasteiger partial charge in [0.05, 0.1) is 0 Å². The van der Waals surface area contributed by atoms with Crippen molar-refractivity contribution in [2.75, 3.05) is 19.7 Å². The maximum atomic E-state index is 10.1. The first-order valence-electron chi connectivity index (χ1n) is 6.18. The second-order valence-electron chi connectivity index (χ2n) is 4.93. The predicted octanol–water partition coefficient (Wildman–Crippen LogP) is 2.70. The molecule has 0 aromatic heterocycles. The molecular formula is C14H22ClNO2. The summed E-state index contributed by atoms with van der Waals surface area (Å²) < 4.78 is 5.74. The van der Waals surface area contributed by atoms with E-state index in [-0.39, 0.29) is 6.61 Å². The molecule has 1 atom stereocenters. The number of aryl methyl sites for hydroxylation is 2. The monoisotopic (exact) mass is 271 g/mol. The summed E-state index contributed by atoms with van der Waals surface area (Å²) in [5.74, 6) is 0.802. The summed E-state index contributed by atoms with van der Waals surface area (Å²) in [5, 5.41) is 13.9. The molecule has 2 N–H and O–H groups in total. The van der Waals surface area contributed by atoms with Crippen LogP contribution >= 0.6 is 11.6 Å². The first-order chi connectivity index (χ1) is 8.35. The molecule has 0 spiro atoms. The van der Waals surface area contributed by atoms with Crippen LogP contribution in [0, 0.1) is 13.8 Å². The van der Waals surface area contributed by atoms with E-state index in [1.807, 2.05) is 32.9 Å². The number of hydrogen-bond acceptors (Lipinski definition) is 3. The van der Waals surface area contributed by atoms with Crippen molar-refractivity contribution in [1.29, 1.82) is 0 Å². The lowest BCUT2D eigenvalue weighted by molar-refractivity contribution is 0.0123. The lowest BCUT2D eigenvalue weighted by Crippen LogP contribution is -2.42. The van der Waals surface area contributed by atoms with Crippen LogP contribution in [0.5, 0.6) is 5.75 Å². The summed E-state index contributed by atoms with van der Waals surface area (Å²) >= 11 is 5.97. The van der Waals surface area contributed by atoms with Gasteiger partial charge in [-0.1, -0.05) is 18.5 Å². The van der Waals surface area contributed by atoms with Gasteiger partial charge in [0.15, 0.2) is 0 Å². The third-order valence-electron chi connectivity index (χ3n) is 2.71. The Hall–Kier alpha value is -0.770. The Morgan fingerprint density at radius 3 is 2.39 bits per heavy atom. The first-order valence-corrected chi connectivity index (χ1v) is 6.56. The van der Waals surface area contributed by atoms with Gasteiger partial charge < -0.3 is 15.2 Å². The standard InChI is InChI=1S/C14H22ClNO2/c1-5-16-8-14(4,17)9-18-13-10(2)6-12(15)7-11(13)3/h6-7,16-17H,5,8-9H2,1-4H3. The summed E-state index contributed by atoms with van der Waals surface area (Å²) in [6.45, 7) is 9.26. The highest BCUT2D eigenvalue weighted by atomic mass is 35.5. The number of nitrogens with one attached hydrogen (secondary N) is 1. The molecule has 0 saturated carbocycles. The van der Waals surface area contributed by atoms with E-state index in [0.29, 0.717) is 11.6 Å². The summed E-state index contributed by atoms with van der Waals surface area (Å²) in [6.07, 6.45) is 0. The van der Waals surface area contributed by atoms with E-state index in [2.05, 4.69) is 5.32 Å². The molecule has 3 nitrogen and oxygen atoms in total. The van der Waals surface area contributed by atoms with Gasteiger partial charge in [0, 0.05) is 11.6 Å². The van der Waals surface area contributed by atoms with Crippen molar-refractivity contribution in [3.63, 3.8) is 0 Å². The van der Waals surface area contributed by atoms with Gasteiger partial charge in [0.2, 0.25) is 0 Å². The molecule has 0 aliphatic heterocycles. The number of aliphatic hydroxyl groups is 1. The van der Waals surface area contributed by atoms with Gasteiger partial charge in [-0.05, 0) is 50.6 Å². The van der Waals surface area contributed by atoms with Crippen molar-refractivity contribution in [3.8, 4) is 5.75 Å². The van der Waals surface area contributed by atoms with E-state index in [9.17, 15) is 5.11 Å². The van der Waals surface area contributed by atoms with Gasteiger partial charge in [-0.15, -0.1) is 0 Å². The van der Waals surface area contributed by atoms with Crippen LogP contribution in [0.2, 0.25) is 5.02 Å². The van der Waals surface area contributed by atoms with Gasteiger partial charge in [-0.25, -0.2) is 0 Å². The molecule has 18 heavy (non-hydrogen) atoms. The average Bonchev–Trinajstić information content (AvgIpc) is 2.24. The molecule has 1 aromatic rings. The highest BCUT2D eigenvalue weighted by Crippen LogP contribution is 2.27. The Labute approximate surface area is 114 Å². The molecule has 1 rings (SSSR count). The first kappa shape index (κ1) is 15.3. The quantitative estimate of drug-likeness (QED) is 0.836. The summed E-state index contributed by atoms with van der Waals surface area (Å²) in [4.78, 5) is 0. The maximum Gasteiger partial charge on any atom is 0.125 e. The highest BCUT2D eigenvalue weighted by Gasteiger charge is 2.21. The Kier molecular flexibility index (Phi) is 5.45. The van der Waals surface area contributed by atoms with Crippen molar-refractivity contribution in [1.82, 2.24) is 5.32 Å². The van der Waals surface area contributed by atoms with E-state index < -0.39 is 5.60 Å². The van der Waals surface area contributed by atoms with E-state index in [4.69, 9.17) is 16.3 Å². The molecule has 102 valence electrons. The molecule has 0 aliphatic rings. The minimum absolute atomic E-state index is 0.253. The Morgan fingerprint density at radius 1 is 1.33 bits per heavy atom. The molecule has 0 aliphatic carbocycles. The van der Waals surface area contributed by atoms with Gasteiger partial charge >= 0.3 is 0 Å². The average molecular weight is 272 g/mol. The lowest BCUT2D eigenvalue weighted by atomic mass is 10.1. The Balaban J connectivity index is 2.69. The van der Waals surface area contributed by atoms with Gasteiger partial charge in [-0.2, -0.15) is 0 Å². The number of halogens is 1. The van der Waals surface area contributed by atoms with Crippen LogP contribution in [0.1, 0.15) is 25.0 Å². The molecule has 1 unspecified atom stereocenters. The minimum atomic E-state index is -0.880. The number of ether oxygens (including phenoxy) is 1. The maximum absolute atomic E-state index is 10.1. The highest BCUT2D eigenvalue weighted by molar-refractivity contribution is 6.30. The van der Waals surface area contributed by atoms with E-state index in [1.54, 1.807) is 6.92 Å². The Bertz CT molecular complexity index is 382. The van der Waals surface area contributed by atoms with E-state index in [0.717, 1.165) is 23.4 Å². The molecule has 0 radical (unpaired) electrons. The van der Waals surface area contributed by atoms with Gasteiger partial charge in [-0.3, -0.25) is 0 Å². The van der Waals surface area contributed by atoms with Gasteiger partial charge in [0.25, 0.3) is 0 Å². The summed E-state index contributed by atoms with van der Waals surface area (Å²) in [5.41, 5.74) is 1.09. The largest absolute Gasteiger partial charge is 0.490 e. The SMILES string of the molecule is CCNCC(C)(O)COc1c(C)cc(Cl)cc1C. The second kappa shape index (κ2) is 6.41. The fraction of sp³-hybridized carbons (Fsp3) is 0.571. The van der Waals surface area contributed by atoms with E-state index >= 15 is 0 Å². The molecule has 0 heterocycles. The van der Waals surface area contributed by atoms with Crippen molar-refractivity contribution in [2.45, 2.75) is 33.3 Å². The zero-order chi connectivity index (χ0) is 13.8. The molecule has 1 aromatic carbocycles.